The Hall–Kier alpha value is -2.64. The van der Waals surface area contributed by atoms with Crippen molar-refractivity contribution < 1.29 is 19.2 Å². The van der Waals surface area contributed by atoms with Crippen LogP contribution in [0.15, 0.2) is 18.2 Å². The van der Waals surface area contributed by atoms with E-state index in [2.05, 4.69) is 0 Å². The number of nitro benzene ring substituents is 1. The monoisotopic (exact) mass is 391 g/mol. The second-order valence-corrected chi connectivity index (χ2v) is 8.35. The van der Waals surface area contributed by atoms with E-state index in [1.54, 1.807) is 29.8 Å². The maximum Gasteiger partial charge on any atom is 0.410 e. The predicted molar refractivity (Wildman–Crippen MR) is 105 cm³/mol. The van der Waals surface area contributed by atoms with E-state index in [1.165, 1.54) is 12.1 Å². The van der Waals surface area contributed by atoms with Crippen molar-refractivity contribution in [1.82, 2.24) is 9.80 Å². The fraction of sp³-hybridized carbons (Fsp3) is 0.600. The molecule has 8 heteroatoms. The van der Waals surface area contributed by atoms with Crippen LogP contribution >= 0.6 is 0 Å². The van der Waals surface area contributed by atoms with E-state index >= 15 is 0 Å². The standard InChI is InChI=1S/C20H29N3O5/c1-14-12-16(6-7-17(14)23(26)27)18(24)22-10-8-15(9-11-22)13-21(5)19(25)28-20(2,3)4/h6-7,12,15H,8-11,13H2,1-5H3. The molecule has 1 heterocycles. The van der Waals surface area contributed by atoms with Crippen molar-refractivity contribution in [2.24, 2.45) is 5.92 Å². The van der Waals surface area contributed by atoms with Gasteiger partial charge >= 0.3 is 6.09 Å². The Bertz CT molecular complexity index is 749. The summed E-state index contributed by atoms with van der Waals surface area (Å²) < 4.78 is 5.37. The molecule has 28 heavy (non-hydrogen) atoms. The summed E-state index contributed by atoms with van der Waals surface area (Å²) in [5, 5.41) is 10.9. The van der Waals surface area contributed by atoms with Crippen LogP contribution in [0.3, 0.4) is 0 Å². The summed E-state index contributed by atoms with van der Waals surface area (Å²) >= 11 is 0. The number of carbonyl (C=O) groups is 2. The zero-order valence-electron chi connectivity index (χ0n) is 17.2. The Kier molecular flexibility index (Phi) is 6.64. The van der Waals surface area contributed by atoms with Gasteiger partial charge in [0.2, 0.25) is 0 Å². The molecule has 0 aliphatic carbocycles. The molecule has 8 nitrogen and oxygen atoms in total. The van der Waals surface area contributed by atoms with Crippen molar-refractivity contribution in [3.8, 4) is 0 Å². The van der Waals surface area contributed by atoms with Crippen molar-refractivity contribution in [2.45, 2.75) is 46.1 Å². The molecule has 2 rings (SSSR count). The van der Waals surface area contributed by atoms with Crippen molar-refractivity contribution in [2.75, 3.05) is 26.7 Å². The minimum Gasteiger partial charge on any atom is -0.444 e. The van der Waals surface area contributed by atoms with Crippen LogP contribution < -0.4 is 0 Å². The number of nitrogens with zero attached hydrogens (tertiary/aromatic N) is 3. The molecule has 2 amide bonds. The van der Waals surface area contributed by atoms with Crippen LogP contribution in [0.2, 0.25) is 0 Å². The lowest BCUT2D eigenvalue weighted by molar-refractivity contribution is -0.385. The molecule has 0 radical (unpaired) electrons. The molecule has 0 N–H and O–H groups in total. The van der Waals surface area contributed by atoms with E-state index in [0.29, 0.717) is 36.7 Å². The number of piperidine rings is 1. The molecular formula is C20H29N3O5. The summed E-state index contributed by atoms with van der Waals surface area (Å²) in [5.41, 5.74) is 0.432. The van der Waals surface area contributed by atoms with E-state index in [9.17, 15) is 19.7 Å². The molecule has 1 aromatic carbocycles. The van der Waals surface area contributed by atoms with Gasteiger partial charge in [-0.3, -0.25) is 14.9 Å². The van der Waals surface area contributed by atoms with E-state index in [0.717, 1.165) is 12.8 Å². The highest BCUT2D eigenvalue weighted by Crippen LogP contribution is 2.23. The molecule has 0 aromatic heterocycles. The SMILES string of the molecule is Cc1cc(C(=O)N2CCC(CN(C)C(=O)OC(C)(C)C)CC2)ccc1[N+](=O)[O-]. The van der Waals surface area contributed by atoms with Crippen molar-refractivity contribution in [3.05, 3.63) is 39.4 Å². The van der Waals surface area contributed by atoms with Crippen LogP contribution in [-0.4, -0.2) is 59.0 Å². The molecule has 0 spiro atoms. The number of hydrogen-bond donors (Lipinski definition) is 0. The fourth-order valence-electron chi connectivity index (χ4n) is 3.30. The zero-order valence-corrected chi connectivity index (χ0v) is 17.2. The predicted octanol–water partition coefficient (Wildman–Crippen LogP) is 3.62. The lowest BCUT2D eigenvalue weighted by Crippen LogP contribution is -2.43. The van der Waals surface area contributed by atoms with Crippen LogP contribution in [0.25, 0.3) is 0 Å². The number of aryl methyl sites for hydroxylation is 1. The first kappa shape index (κ1) is 21.7. The summed E-state index contributed by atoms with van der Waals surface area (Å²) in [4.78, 5) is 38.6. The number of likely N-dealkylation sites (tertiary alicyclic amines) is 1. The number of amides is 2. The molecule has 1 aliphatic rings. The highest BCUT2D eigenvalue weighted by atomic mass is 16.6. The summed E-state index contributed by atoms with van der Waals surface area (Å²) in [5.74, 6) is 0.192. The van der Waals surface area contributed by atoms with E-state index in [-0.39, 0.29) is 17.7 Å². The van der Waals surface area contributed by atoms with Gasteiger partial charge in [0.15, 0.2) is 0 Å². The largest absolute Gasteiger partial charge is 0.444 e. The molecule has 0 saturated carbocycles. The molecular weight excluding hydrogens is 362 g/mol. The maximum absolute atomic E-state index is 12.7. The minimum atomic E-state index is -0.524. The van der Waals surface area contributed by atoms with Gasteiger partial charge in [-0.05, 0) is 58.6 Å². The highest BCUT2D eigenvalue weighted by Gasteiger charge is 2.27. The number of rotatable bonds is 4. The summed E-state index contributed by atoms with van der Waals surface area (Å²) in [6, 6.07) is 4.46. The smallest absolute Gasteiger partial charge is 0.410 e. The zero-order chi connectivity index (χ0) is 21.1. The van der Waals surface area contributed by atoms with Crippen LogP contribution in [-0.2, 0) is 4.74 Å². The van der Waals surface area contributed by atoms with Gasteiger partial charge in [-0.1, -0.05) is 0 Å². The molecule has 1 fully saturated rings. The van der Waals surface area contributed by atoms with Gasteiger partial charge in [0.05, 0.1) is 4.92 Å². The number of benzene rings is 1. The first-order valence-electron chi connectivity index (χ1n) is 9.46. The number of carbonyl (C=O) groups excluding carboxylic acids is 2. The molecule has 154 valence electrons. The lowest BCUT2D eigenvalue weighted by Gasteiger charge is -2.34. The van der Waals surface area contributed by atoms with E-state index in [4.69, 9.17) is 4.74 Å². The average molecular weight is 391 g/mol. The molecule has 0 bridgehead atoms. The maximum atomic E-state index is 12.7. The van der Waals surface area contributed by atoms with E-state index < -0.39 is 10.5 Å². The van der Waals surface area contributed by atoms with Gasteiger partial charge in [-0.2, -0.15) is 0 Å². The number of ether oxygens (including phenoxy) is 1. The molecule has 1 saturated heterocycles. The highest BCUT2D eigenvalue weighted by molar-refractivity contribution is 5.94. The Balaban J connectivity index is 1.89. The van der Waals surface area contributed by atoms with Crippen molar-refractivity contribution in [1.29, 1.82) is 0 Å². The van der Waals surface area contributed by atoms with Gasteiger partial charge in [-0.15, -0.1) is 0 Å². The number of nitro groups is 1. The second-order valence-electron chi connectivity index (χ2n) is 8.35. The van der Waals surface area contributed by atoms with Gasteiger partial charge in [0.25, 0.3) is 11.6 Å². The van der Waals surface area contributed by atoms with Crippen LogP contribution in [0.1, 0.15) is 49.5 Å². The third-order valence-corrected chi connectivity index (χ3v) is 4.78. The third kappa shape index (κ3) is 5.68. The van der Waals surface area contributed by atoms with Gasteiger partial charge in [0.1, 0.15) is 5.60 Å². The van der Waals surface area contributed by atoms with Gasteiger partial charge in [0, 0.05) is 43.9 Å². The Morgan fingerprint density at radius 3 is 2.39 bits per heavy atom. The quantitative estimate of drug-likeness (QED) is 0.577. The molecule has 0 unspecified atom stereocenters. The fourth-order valence-corrected chi connectivity index (χ4v) is 3.30. The topological polar surface area (TPSA) is 93.0 Å². The summed E-state index contributed by atoms with van der Waals surface area (Å²) in [7, 11) is 1.73. The minimum absolute atomic E-state index is 0.0143. The molecule has 0 atom stereocenters. The van der Waals surface area contributed by atoms with E-state index in [1.807, 2.05) is 20.8 Å². The second kappa shape index (κ2) is 8.58. The van der Waals surface area contributed by atoms with Crippen molar-refractivity contribution in [3.63, 3.8) is 0 Å². The Morgan fingerprint density at radius 1 is 1.29 bits per heavy atom. The average Bonchev–Trinajstić information content (AvgIpc) is 2.59. The van der Waals surface area contributed by atoms with Crippen molar-refractivity contribution >= 4 is 17.7 Å². The number of hydrogen-bond acceptors (Lipinski definition) is 5. The van der Waals surface area contributed by atoms with Crippen LogP contribution in [0.5, 0.6) is 0 Å². The molecule has 1 aromatic rings. The first-order chi connectivity index (χ1) is 13.0. The lowest BCUT2D eigenvalue weighted by atomic mass is 9.95. The van der Waals surface area contributed by atoms with Gasteiger partial charge < -0.3 is 14.5 Å². The summed E-state index contributed by atoms with van der Waals surface area (Å²) in [6.07, 6.45) is 1.25. The van der Waals surface area contributed by atoms with Crippen LogP contribution in [0, 0.1) is 23.0 Å². The normalized spacial score (nSPS) is 15.2. The Morgan fingerprint density at radius 2 is 1.89 bits per heavy atom. The van der Waals surface area contributed by atoms with Gasteiger partial charge in [-0.25, -0.2) is 4.79 Å². The summed E-state index contributed by atoms with van der Waals surface area (Å²) in [6.45, 7) is 8.93. The van der Waals surface area contributed by atoms with Crippen LogP contribution in [0.4, 0.5) is 10.5 Å². The Labute approximate surface area is 165 Å². The molecule has 1 aliphatic heterocycles. The first-order valence-corrected chi connectivity index (χ1v) is 9.46. The third-order valence-electron chi connectivity index (χ3n) is 4.78.